The van der Waals surface area contributed by atoms with E-state index in [4.69, 9.17) is 20.9 Å². The summed E-state index contributed by atoms with van der Waals surface area (Å²) in [6.45, 7) is 0. The van der Waals surface area contributed by atoms with Gasteiger partial charge >= 0.3 is 0 Å². The van der Waals surface area contributed by atoms with Crippen molar-refractivity contribution in [3.05, 3.63) is 59.1 Å². The molecule has 1 N–H and O–H groups in total. The Morgan fingerprint density at radius 3 is 2.79 bits per heavy atom. The fourth-order valence-electron chi connectivity index (χ4n) is 2.45. The first-order valence-corrected chi connectivity index (χ1v) is 9.46. The highest BCUT2D eigenvalue weighted by Gasteiger charge is 2.14. The summed E-state index contributed by atoms with van der Waals surface area (Å²) in [7, 11) is 1.58. The highest BCUT2D eigenvalue weighted by Crippen LogP contribution is 2.31. The third kappa shape index (κ3) is 4.00. The zero-order valence-electron chi connectivity index (χ0n) is 14.5. The van der Waals surface area contributed by atoms with E-state index >= 15 is 0 Å². The number of methoxy groups -OCH3 is 1. The maximum Gasteiger partial charge on any atom is 0.257 e. The average Bonchev–Trinajstić information content (AvgIpc) is 3.36. The van der Waals surface area contributed by atoms with Crippen LogP contribution in [-0.2, 0) is 5.75 Å². The van der Waals surface area contributed by atoms with Gasteiger partial charge in [0.2, 0.25) is 5.16 Å². The largest absolute Gasteiger partial charge is 0.496 e. The van der Waals surface area contributed by atoms with E-state index in [1.807, 2.05) is 0 Å². The molecule has 4 aromatic rings. The maximum atomic E-state index is 13.0. The number of rotatable bonds is 6. The minimum atomic E-state index is -0.323. The van der Waals surface area contributed by atoms with Crippen molar-refractivity contribution in [1.82, 2.24) is 25.3 Å². The van der Waals surface area contributed by atoms with E-state index in [9.17, 15) is 4.39 Å². The number of benzene rings is 2. The molecular weight excluding hydrogens is 405 g/mol. The van der Waals surface area contributed by atoms with Gasteiger partial charge in [-0.3, -0.25) is 5.10 Å². The van der Waals surface area contributed by atoms with Crippen LogP contribution in [0.15, 0.2) is 52.1 Å². The van der Waals surface area contributed by atoms with E-state index in [1.165, 1.54) is 23.9 Å². The number of aromatic nitrogens is 5. The SMILES string of the molecule is COc1ccc(Cl)cc1-c1nc(SCc2noc(-c3ccc(F)cc3)n2)n[nH]1. The predicted molar refractivity (Wildman–Crippen MR) is 103 cm³/mol. The van der Waals surface area contributed by atoms with Crippen molar-refractivity contribution in [1.29, 1.82) is 0 Å². The standard InChI is InChI=1S/C18H13ClFN5O2S/c1-26-14-7-4-11(19)8-13(14)16-22-18(24-23-16)28-9-15-21-17(27-25-15)10-2-5-12(20)6-3-10/h2-8H,9H2,1H3,(H,22,23,24). The number of hydrogen-bond acceptors (Lipinski definition) is 7. The Labute approximate surface area is 168 Å². The first kappa shape index (κ1) is 18.5. The van der Waals surface area contributed by atoms with E-state index in [0.29, 0.717) is 50.3 Å². The summed E-state index contributed by atoms with van der Waals surface area (Å²) in [4.78, 5) is 8.75. The van der Waals surface area contributed by atoms with E-state index in [2.05, 4.69) is 25.3 Å². The fourth-order valence-corrected chi connectivity index (χ4v) is 3.26. The van der Waals surface area contributed by atoms with Crippen LogP contribution in [0.5, 0.6) is 5.75 Å². The zero-order valence-corrected chi connectivity index (χ0v) is 16.1. The van der Waals surface area contributed by atoms with Crippen LogP contribution in [0.25, 0.3) is 22.8 Å². The van der Waals surface area contributed by atoms with Crippen LogP contribution in [0, 0.1) is 5.82 Å². The second-order valence-corrected chi connectivity index (χ2v) is 7.00. The van der Waals surface area contributed by atoms with Gasteiger partial charge in [0.25, 0.3) is 5.89 Å². The normalized spacial score (nSPS) is 11.0. The van der Waals surface area contributed by atoms with Crippen molar-refractivity contribution < 1.29 is 13.7 Å². The minimum Gasteiger partial charge on any atom is -0.496 e. The van der Waals surface area contributed by atoms with Gasteiger partial charge in [0.15, 0.2) is 11.6 Å². The van der Waals surface area contributed by atoms with Crippen LogP contribution in [0.4, 0.5) is 4.39 Å². The number of ether oxygens (including phenoxy) is 1. The Kier molecular flexibility index (Phi) is 5.27. The molecule has 0 aliphatic carbocycles. The van der Waals surface area contributed by atoms with Crippen LogP contribution in [0.1, 0.15) is 5.82 Å². The molecule has 4 rings (SSSR count). The summed E-state index contributed by atoms with van der Waals surface area (Å²) >= 11 is 7.41. The van der Waals surface area contributed by atoms with Crippen molar-refractivity contribution in [2.75, 3.05) is 7.11 Å². The van der Waals surface area contributed by atoms with Crippen molar-refractivity contribution in [2.45, 2.75) is 10.9 Å². The number of nitrogens with zero attached hydrogens (tertiary/aromatic N) is 4. The first-order valence-electron chi connectivity index (χ1n) is 8.10. The average molecular weight is 418 g/mol. The molecule has 0 aliphatic rings. The molecule has 2 heterocycles. The van der Waals surface area contributed by atoms with Crippen molar-refractivity contribution in [3.63, 3.8) is 0 Å². The second kappa shape index (κ2) is 7.99. The van der Waals surface area contributed by atoms with E-state index in [0.717, 1.165) is 0 Å². The molecule has 0 bridgehead atoms. The predicted octanol–water partition coefficient (Wildman–Crippen LogP) is 4.62. The Bertz CT molecular complexity index is 1100. The zero-order chi connectivity index (χ0) is 19.5. The summed E-state index contributed by atoms with van der Waals surface area (Å²) in [6.07, 6.45) is 0. The first-order chi connectivity index (χ1) is 13.6. The summed E-state index contributed by atoms with van der Waals surface area (Å²) in [5.74, 6) is 2.08. The Balaban J connectivity index is 1.46. The van der Waals surface area contributed by atoms with E-state index in [-0.39, 0.29) is 5.82 Å². The number of thioether (sulfide) groups is 1. The second-order valence-electron chi connectivity index (χ2n) is 5.62. The highest BCUT2D eigenvalue weighted by molar-refractivity contribution is 7.98. The lowest BCUT2D eigenvalue weighted by molar-refractivity contribution is 0.416. The molecule has 2 aromatic heterocycles. The van der Waals surface area contributed by atoms with Crippen molar-refractivity contribution in [2.24, 2.45) is 0 Å². The minimum absolute atomic E-state index is 0.323. The Morgan fingerprint density at radius 2 is 2.00 bits per heavy atom. The number of halogens is 2. The van der Waals surface area contributed by atoms with Gasteiger partial charge in [-0.2, -0.15) is 4.98 Å². The summed E-state index contributed by atoms with van der Waals surface area (Å²) in [5, 5.41) is 12.1. The van der Waals surface area contributed by atoms with Gasteiger partial charge in [0.1, 0.15) is 11.6 Å². The van der Waals surface area contributed by atoms with Crippen molar-refractivity contribution >= 4 is 23.4 Å². The molecule has 28 heavy (non-hydrogen) atoms. The summed E-state index contributed by atoms with van der Waals surface area (Å²) in [6, 6.07) is 11.1. The van der Waals surface area contributed by atoms with E-state index < -0.39 is 0 Å². The van der Waals surface area contributed by atoms with Crippen LogP contribution >= 0.6 is 23.4 Å². The summed E-state index contributed by atoms with van der Waals surface area (Å²) in [5.41, 5.74) is 1.37. The van der Waals surface area contributed by atoms with Crippen molar-refractivity contribution in [3.8, 4) is 28.6 Å². The molecule has 2 aromatic carbocycles. The molecule has 0 unspecified atom stereocenters. The van der Waals surface area contributed by atoms with Crippen LogP contribution in [0.3, 0.4) is 0 Å². The van der Waals surface area contributed by atoms with Gasteiger partial charge in [0, 0.05) is 10.6 Å². The lowest BCUT2D eigenvalue weighted by atomic mass is 10.2. The van der Waals surface area contributed by atoms with Gasteiger partial charge in [0.05, 0.1) is 18.4 Å². The molecule has 0 aliphatic heterocycles. The van der Waals surface area contributed by atoms with Gasteiger partial charge in [-0.1, -0.05) is 28.5 Å². The van der Waals surface area contributed by atoms with Crippen LogP contribution in [0.2, 0.25) is 5.02 Å². The number of nitrogens with one attached hydrogen (secondary N) is 1. The maximum absolute atomic E-state index is 13.0. The molecule has 0 atom stereocenters. The van der Waals surface area contributed by atoms with Gasteiger partial charge < -0.3 is 9.26 Å². The molecule has 0 spiro atoms. The number of aromatic amines is 1. The molecule has 7 nitrogen and oxygen atoms in total. The monoisotopic (exact) mass is 417 g/mol. The molecule has 0 saturated heterocycles. The molecule has 0 saturated carbocycles. The number of H-pyrrole nitrogens is 1. The smallest absolute Gasteiger partial charge is 0.257 e. The van der Waals surface area contributed by atoms with Crippen LogP contribution in [-0.4, -0.2) is 32.4 Å². The van der Waals surface area contributed by atoms with Gasteiger partial charge in [-0.05, 0) is 42.5 Å². The fraction of sp³-hybridized carbons (Fsp3) is 0.111. The molecular formula is C18H13ClFN5O2S. The lowest BCUT2D eigenvalue weighted by Gasteiger charge is -2.05. The molecule has 0 fully saturated rings. The Morgan fingerprint density at radius 1 is 1.18 bits per heavy atom. The van der Waals surface area contributed by atoms with Gasteiger partial charge in [-0.25, -0.2) is 9.37 Å². The van der Waals surface area contributed by atoms with Gasteiger partial charge in [-0.15, -0.1) is 5.10 Å². The molecule has 10 heteroatoms. The third-order valence-corrected chi connectivity index (χ3v) is 4.85. The Hall–Kier alpha value is -2.91. The molecule has 142 valence electrons. The molecule has 0 radical (unpaired) electrons. The highest BCUT2D eigenvalue weighted by atomic mass is 35.5. The third-order valence-electron chi connectivity index (χ3n) is 3.77. The van der Waals surface area contributed by atoms with E-state index in [1.54, 1.807) is 37.4 Å². The molecule has 0 amide bonds. The lowest BCUT2D eigenvalue weighted by Crippen LogP contribution is -1.89. The van der Waals surface area contributed by atoms with Crippen LogP contribution < -0.4 is 4.74 Å². The topological polar surface area (TPSA) is 89.7 Å². The quantitative estimate of drug-likeness (QED) is 0.458. The number of hydrogen-bond donors (Lipinski definition) is 1. The summed E-state index contributed by atoms with van der Waals surface area (Å²) < 4.78 is 23.6.